The molecule has 1 N–H and O–H groups in total. The predicted molar refractivity (Wildman–Crippen MR) is 91.2 cm³/mol. The Labute approximate surface area is 141 Å². The van der Waals surface area contributed by atoms with E-state index in [0.717, 1.165) is 5.56 Å². The van der Waals surface area contributed by atoms with Crippen molar-refractivity contribution in [2.24, 2.45) is 0 Å². The number of carbonyl (C=O) groups is 1. The van der Waals surface area contributed by atoms with Crippen LogP contribution in [0.4, 0.5) is 0 Å². The first-order valence-corrected chi connectivity index (χ1v) is 7.75. The van der Waals surface area contributed by atoms with Crippen molar-refractivity contribution >= 4 is 5.97 Å². The molecule has 0 heterocycles. The third-order valence-corrected chi connectivity index (χ3v) is 3.76. The molecule has 0 aliphatic carbocycles. The van der Waals surface area contributed by atoms with E-state index in [2.05, 4.69) is 0 Å². The zero-order valence-corrected chi connectivity index (χ0v) is 14.1. The maximum atomic E-state index is 11.7. The predicted octanol–water partition coefficient (Wildman–Crippen LogP) is 3.51. The minimum Gasteiger partial charge on any atom is -0.497 e. The number of aliphatic carboxylic acids is 1. The molecule has 1 atom stereocenters. The van der Waals surface area contributed by atoms with E-state index < -0.39 is 11.9 Å². The Morgan fingerprint density at radius 3 is 2.50 bits per heavy atom. The van der Waals surface area contributed by atoms with Crippen LogP contribution < -0.4 is 14.2 Å². The van der Waals surface area contributed by atoms with Gasteiger partial charge >= 0.3 is 5.97 Å². The van der Waals surface area contributed by atoms with Gasteiger partial charge in [-0.05, 0) is 48.7 Å². The van der Waals surface area contributed by atoms with E-state index in [4.69, 9.17) is 14.2 Å². The number of carboxylic acids is 1. The molecular formula is C19H22O5. The first kappa shape index (κ1) is 17.7. The summed E-state index contributed by atoms with van der Waals surface area (Å²) in [6, 6.07) is 12.6. The molecule has 5 heteroatoms. The lowest BCUT2D eigenvalue weighted by atomic mass is 9.92. The summed E-state index contributed by atoms with van der Waals surface area (Å²) >= 11 is 0. The average Bonchev–Trinajstić information content (AvgIpc) is 2.60. The first-order chi connectivity index (χ1) is 11.6. The van der Waals surface area contributed by atoms with Crippen LogP contribution in [-0.2, 0) is 11.2 Å². The molecule has 0 spiro atoms. The van der Waals surface area contributed by atoms with E-state index in [1.165, 1.54) is 0 Å². The summed E-state index contributed by atoms with van der Waals surface area (Å²) in [5, 5.41) is 9.62. The van der Waals surface area contributed by atoms with Crippen molar-refractivity contribution in [2.45, 2.75) is 19.3 Å². The van der Waals surface area contributed by atoms with Crippen LogP contribution in [0.15, 0.2) is 42.5 Å². The molecule has 5 nitrogen and oxygen atoms in total. The number of hydrogen-bond donors (Lipinski definition) is 1. The lowest BCUT2D eigenvalue weighted by Gasteiger charge is -2.16. The second kappa shape index (κ2) is 8.24. The fourth-order valence-electron chi connectivity index (χ4n) is 2.56. The number of hydrogen-bond acceptors (Lipinski definition) is 4. The molecule has 128 valence electrons. The monoisotopic (exact) mass is 330 g/mol. The van der Waals surface area contributed by atoms with E-state index in [1.54, 1.807) is 38.5 Å². The Balaban J connectivity index is 2.29. The minimum atomic E-state index is -0.879. The van der Waals surface area contributed by atoms with Crippen LogP contribution >= 0.6 is 0 Å². The lowest BCUT2D eigenvalue weighted by molar-refractivity contribution is -0.138. The minimum absolute atomic E-state index is 0.352. The van der Waals surface area contributed by atoms with Crippen molar-refractivity contribution in [3.63, 3.8) is 0 Å². The largest absolute Gasteiger partial charge is 0.497 e. The van der Waals surface area contributed by atoms with Gasteiger partial charge in [0.2, 0.25) is 0 Å². The van der Waals surface area contributed by atoms with Crippen molar-refractivity contribution in [2.75, 3.05) is 20.8 Å². The molecule has 0 saturated heterocycles. The standard InChI is InChI=1S/C19H22O5/c1-4-24-17-9-8-13(11-18(17)23-3)10-16(19(20)21)14-6-5-7-15(12-14)22-2/h5-9,11-12,16H,4,10H2,1-3H3,(H,20,21). The van der Waals surface area contributed by atoms with Crippen LogP contribution in [0.5, 0.6) is 17.2 Å². The van der Waals surface area contributed by atoms with Gasteiger partial charge in [-0.3, -0.25) is 4.79 Å². The van der Waals surface area contributed by atoms with Gasteiger partial charge in [0.1, 0.15) is 5.75 Å². The lowest BCUT2D eigenvalue weighted by Crippen LogP contribution is -2.14. The van der Waals surface area contributed by atoms with Gasteiger partial charge in [0.05, 0.1) is 26.7 Å². The quantitative estimate of drug-likeness (QED) is 0.802. The summed E-state index contributed by atoms with van der Waals surface area (Å²) < 4.78 is 16.0. The van der Waals surface area contributed by atoms with E-state index in [0.29, 0.717) is 35.8 Å². The van der Waals surface area contributed by atoms with Gasteiger partial charge in [0, 0.05) is 0 Å². The highest BCUT2D eigenvalue weighted by atomic mass is 16.5. The van der Waals surface area contributed by atoms with Gasteiger partial charge in [-0.2, -0.15) is 0 Å². The highest BCUT2D eigenvalue weighted by Gasteiger charge is 2.21. The van der Waals surface area contributed by atoms with E-state index in [9.17, 15) is 9.90 Å². The van der Waals surface area contributed by atoms with Crippen molar-refractivity contribution < 1.29 is 24.1 Å². The zero-order chi connectivity index (χ0) is 17.5. The molecule has 0 saturated carbocycles. The average molecular weight is 330 g/mol. The topological polar surface area (TPSA) is 65.0 Å². The van der Waals surface area contributed by atoms with Crippen LogP contribution in [-0.4, -0.2) is 31.9 Å². The summed E-state index contributed by atoms with van der Waals surface area (Å²) in [5.41, 5.74) is 1.57. The van der Waals surface area contributed by atoms with Crippen molar-refractivity contribution in [3.05, 3.63) is 53.6 Å². The van der Waals surface area contributed by atoms with Gasteiger partial charge in [-0.1, -0.05) is 18.2 Å². The van der Waals surface area contributed by atoms with Crippen molar-refractivity contribution in [3.8, 4) is 17.2 Å². The third kappa shape index (κ3) is 4.19. The van der Waals surface area contributed by atoms with Crippen LogP contribution in [0.3, 0.4) is 0 Å². The van der Waals surface area contributed by atoms with Crippen LogP contribution in [0, 0.1) is 0 Å². The number of methoxy groups -OCH3 is 2. The maximum Gasteiger partial charge on any atom is 0.311 e. The van der Waals surface area contributed by atoms with Gasteiger partial charge in [0.25, 0.3) is 0 Å². The number of rotatable bonds is 8. The Bertz CT molecular complexity index is 696. The van der Waals surface area contributed by atoms with E-state index >= 15 is 0 Å². The number of benzene rings is 2. The molecule has 1 unspecified atom stereocenters. The first-order valence-electron chi connectivity index (χ1n) is 7.75. The Kier molecular flexibility index (Phi) is 6.07. The third-order valence-electron chi connectivity index (χ3n) is 3.76. The molecule has 0 aromatic heterocycles. The van der Waals surface area contributed by atoms with Crippen LogP contribution in [0.2, 0.25) is 0 Å². The number of carboxylic acid groups (broad SMARTS) is 1. The Hall–Kier alpha value is -2.69. The van der Waals surface area contributed by atoms with Gasteiger partial charge in [-0.15, -0.1) is 0 Å². The molecule has 2 aromatic carbocycles. The summed E-state index contributed by atoms with van der Waals surface area (Å²) in [6.45, 7) is 2.44. The second-order valence-corrected chi connectivity index (χ2v) is 5.29. The molecule has 0 radical (unpaired) electrons. The molecule has 0 fully saturated rings. The molecule has 2 rings (SSSR count). The summed E-state index contributed by atoms with van der Waals surface area (Å²) in [7, 11) is 3.13. The molecule has 0 bridgehead atoms. The van der Waals surface area contributed by atoms with Crippen LogP contribution in [0.1, 0.15) is 24.0 Å². The molecule has 24 heavy (non-hydrogen) atoms. The maximum absolute atomic E-state index is 11.7. The highest BCUT2D eigenvalue weighted by Crippen LogP contribution is 2.31. The summed E-state index contributed by atoms with van der Waals surface area (Å²) in [5.74, 6) is 0.350. The Morgan fingerprint density at radius 2 is 1.88 bits per heavy atom. The molecular weight excluding hydrogens is 308 g/mol. The van der Waals surface area contributed by atoms with Gasteiger partial charge < -0.3 is 19.3 Å². The Morgan fingerprint density at radius 1 is 1.08 bits per heavy atom. The normalized spacial score (nSPS) is 11.6. The fraction of sp³-hybridized carbons (Fsp3) is 0.316. The summed E-state index contributed by atoms with van der Waals surface area (Å²) in [4.78, 5) is 11.7. The van der Waals surface area contributed by atoms with Crippen molar-refractivity contribution in [1.29, 1.82) is 0 Å². The number of ether oxygens (including phenoxy) is 3. The molecule has 2 aromatic rings. The highest BCUT2D eigenvalue weighted by molar-refractivity contribution is 5.76. The van der Waals surface area contributed by atoms with Gasteiger partial charge in [0.15, 0.2) is 11.5 Å². The van der Waals surface area contributed by atoms with Crippen molar-refractivity contribution in [1.82, 2.24) is 0 Å². The fourth-order valence-corrected chi connectivity index (χ4v) is 2.56. The zero-order valence-electron chi connectivity index (χ0n) is 14.1. The van der Waals surface area contributed by atoms with Gasteiger partial charge in [-0.25, -0.2) is 0 Å². The van der Waals surface area contributed by atoms with E-state index in [-0.39, 0.29) is 0 Å². The van der Waals surface area contributed by atoms with E-state index in [1.807, 2.05) is 25.1 Å². The molecule has 0 aliphatic rings. The SMILES string of the molecule is CCOc1ccc(CC(C(=O)O)c2cccc(OC)c2)cc1OC. The smallest absolute Gasteiger partial charge is 0.311 e. The summed E-state index contributed by atoms with van der Waals surface area (Å²) in [6.07, 6.45) is 0.352. The molecule has 0 amide bonds. The second-order valence-electron chi connectivity index (χ2n) is 5.29. The van der Waals surface area contributed by atoms with Crippen LogP contribution in [0.25, 0.3) is 0 Å². The molecule has 0 aliphatic heterocycles.